The number of likely N-dealkylation sites (tertiary alicyclic amines) is 1. The van der Waals surface area contributed by atoms with Crippen molar-refractivity contribution >= 4 is 5.97 Å². The van der Waals surface area contributed by atoms with Gasteiger partial charge in [-0.15, -0.1) is 0 Å². The fraction of sp³-hybridized carbons (Fsp3) is 0.733. The first-order valence-electron chi connectivity index (χ1n) is 7.66. The van der Waals surface area contributed by atoms with E-state index in [1.807, 2.05) is 20.8 Å². The Bertz CT molecular complexity index is 498. The molecular weight excluding hydrogens is 268 g/mol. The van der Waals surface area contributed by atoms with Crippen molar-refractivity contribution < 1.29 is 9.53 Å². The van der Waals surface area contributed by atoms with Crippen molar-refractivity contribution in [2.24, 2.45) is 11.7 Å². The number of aryl methyl sites for hydroxylation is 1. The Balaban J connectivity index is 2.03. The van der Waals surface area contributed by atoms with Crippen molar-refractivity contribution in [1.82, 2.24) is 14.7 Å². The first kappa shape index (κ1) is 16.0. The number of hydrogen-bond acceptors (Lipinski definition) is 5. The molecule has 0 aliphatic carbocycles. The molecule has 2 N–H and O–H groups in total. The molecule has 6 nitrogen and oxygen atoms in total. The number of ether oxygens (including phenoxy) is 1. The van der Waals surface area contributed by atoms with Gasteiger partial charge >= 0.3 is 5.97 Å². The lowest BCUT2D eigenvalue weighted by atomic mass is 10.1. The molecule has 2 heterocycles. The van der Waals surface area contributed by atoms with Gasteiger partial charge in [0.15, 0.2) is 0 Å². The molecule has 1 aromatic heterocycles. The highest BCUT2D eigenvalue weighted by atomic mass is 16.5. The highest BCUT2D eigenvalue weighted by Gasteiger charge is 2.23. The van der Waals surface area contributed by atoms with E-state index in [0.717, 1.165) is 37.6 Å². The van der Waals surface area contributed by atoms with E-state index in [4.69, 9.17) is 10.5 Å². The van der Waals surface area contributed by atoms with Gasteiger partial charge < -0.3 is 10.5 Å². The molecule has 1 fully saturated rings. The fourth-order valence-corrected chi connectivity index (χ4v) is 2.92. The SMILES string of the molecule is CCOC(=O)Cn1nc(C)c(CN2CCC(CN)C2)c1C. The summed E-state index contributed by atoms with van der Waals surface area (Å²) in [4.78, 5) is 14.0. The van der Waals surface area contributed by atoms with Gasteiger partial charge in [0, 0.05) is 24.3 Å². The zero-order chi connectivity index (χ0) is 15.4. The number of hydrogen-bond donors (Lipinski definition) is 1. The van der Waals surface area contributed by atoms with Gasteiger partial charge in [0.2, 0.25) is 0 Å². The van der Waals surface area contributed by atoms with Crippen molar-refractivity contribution in [1.29, 1.82) is 0 Å². The highest BCUT2D eigenvalue weighted by molar-refractivity contribution is 5.69. The van der Waals surface area contributed by atoms with Crippen LogP contribution >= 0.6 is 0 Å². The molecular formula is C15H26N4O2. The molecule has 2 rings (SSSR count). The second-order valence-electron chi connectivity index (χ2n) is 5.74. The summed E-state index contributed by atoms with van der Waals surface area (Å²) in [5, 5.41) is 4.48. The lowest BCUT2D eigenvalue weighted by Gasteiger charge is -2.16. The molecule has 21 heavy (non-hydrogen) atoms. The first-order chi connectivity index (χ1) is 10.0. The van der Waals surface area contributed by atoms with Crippen LogP contribution in [0.25, 0.3) is 0 Å². The smallest absolute Gasteiger partial charge is 0.327 e. The first-order valence-corrected chi connectivity index (χ1v) is 7.66. The minimum atomic E-state index is -0.237. The van der Waals surface area contributed by atoms with Crippen molar-refractivity contribution in [2.45, 2.75) is 40.3 Å². The van der Waals surface area contributed by atoms with Crippen LogP contribution in [-0.4, -0.2) is 46.9 Å². The second-order valence-corrected chi connectivity index (χ2v) is 5.74. The van der Waals surface area contributed by atoms with Crippen LogP contribution < -0.4 is 5.73 Å². The van der Waals surface area contributed by atoms with Crippen LogP contribution in [0.5, 0.6) is 0 Å². The molecule has 0 spiro atoms. The third kappa shape index (κ3) is 3.83. The number of esters is 1. The topological polar surface area (TPSA) is 73.4 Å². The third-order valence-corrected chi connectivity index (χ3v) is 4.20. The molecule has 0 radical (unpaired) electrons. The normalized spacial score (nSPS) is 19.1. The zero-order valence-electron chi connectivity index (χ0n) is 13.3. The fourth-order valence-electron chi connectivity index (χ4n) is 2.92. The van der Waals surface area contributed by atoms with E-state index in [2.05, 4.69) is 10.00 Å². The lowest BCUT2D eigenvalue weighted by Crippen LogP contribution is -2.23. The van der Waals surface area contributed by atoms with E-state index in [1.165, 1.54) is 12.0 Å². The van der Waals surface area contributed by atoms with Crippen LogP contribution in [0.4, 0.5) is 0 Å². The molecule has 0 bridgehead atoms. The Morgan fingerprint density at radius 3 is 2.86 bits per heavy atom. The van der Waals surface area contributed by atoms with Gasteiger partial charge in [-0.1, -0.05) is 0 Å². The standard InChI is InChI=1S/C15H26N4O2/c1-4-21-15(20)10-19-12(3)14(11(2)17-19)9-18-6-5-13(7-16)8-18/h13H,4-10,16H2,1-3H3. The number of aromatic nitrogens is 2. The summed E-state index contributed by atoms with van der Waals surface area (Å²) in [7, 11) is 0. The van der Waals surface area contributed by atoms with Crippen LogP contribution in [0.1, 0.15) is 30.3 Å². The van der Waals surface area contributed by atoms with Crippen LogP contribution in [0.2, 0.25) is 0 Å². The number of rotatable bonds is 6. The summed E-state index contributed by atoms with van der Waals surface area (Å²) < 4.78 is 6.74. The molecule has 1 aromatic rings. The molecule has 118 valence electrons. The number of nitrogens with two attached hydrogens (primary N) is 1. The Morgan fingerprint density at radius 1 is 1.48 bits per heavy atom. The second kappa shape index (κ2) is 7.04. The molecule has 1 aliphatic heterocycles. The van der Waals surface area contributed by atoms with E-state index in [-0.39, 0.29) is 12.5 Å². The van der Waals surface area contributed by atoms with Crippen molar-refractivity contribution in [3.63, 3.8) is 0 Å². The largest absolute Gasteiger partial charge is 0.465 e. The Hall–Kier alpha value is -1.40. The monoisotopic (exact) mass is 294 g/mol. The van der Waals surface area contributed by atoms with Gasteiger partial charge in [-0.05, 0) is 46.2 Å². The van der Waals surface area contributed by atoms with Gasteiger partial charge in [0.25, 0.3) is 0 Å². The predicted molar refractivity (Wildman–Crippen MR) is 80.8 cm³/mol. The molecule has 1 saturated heterocycles. The molecule has 0 amide bonds. The summed E-state index contributed by atoms with van der Waals surface area (Å²) in [6.45, 7) is 10.2. The Kier molecular flexibility index (Phi) is 5.36. The maximum atomic E-state index is 11.6. The van der Waals surface area contributed by atoms with E-state index in [9.17, 15) is 4.79 Å². The molecule has 0 saturated carbocycles. The van der Waals surface area contributed by atoms with E-state index in [0.29, 0.717) is 12.5 Å². The molecule has 0 aromatic carbocycles. The summed E-state index contributed by atoms with van der Waals surface area (Å²) in [5.41, 5.74) is 9.01. The van der Waals surface area contributed by atoms with Crippen LogP contribution in [0.3, 0.4) is 0 Å². The summed E-state index contributed by atoms with van der Waals surface area (Å²) >= 11 is 0. The van der Waals surface area contributed by atoms with Crippen molar-refractivity contribution in [2.75, 3.05) is 26.2 Å². The van der Waals surface area contributed by atoms with Crippen LogP contribution in [0.15, 0.2) is 0 Å². The van der Waals surface area contributed by atoms with Crippen molar-refractivity contribution in [3.8, 4) is 0 Å². The van der Waals surface area contributed by atoms with Gasteiger partial charge in [0.05, 0.1) is 12.3 Å². The zero-order valence-corrected chi connectivity index (χ0v) is 13.3. The summed E-state index contributed by atoms with van der Waals surface area (Å²) in [6.07, 6.45) is 1.17. The van der Waals surface area contributed by atoms with E-state index < -0.39 is 0 Å². The average Bonchev–Trinajstić information content (AvgIpc) is 3.00. The number of carbonyl (C=O) groups is 1. The van der Waals surface area contributed by atoms with Gasteiger partial charge in [-0.25, -0.2) is 0 Å². The minimum absolute atomic E-state index is 0.186. The maximum Gasteiger partial charge on any atom is 0.327 e. The van der Waals surface area contributed by atoms with Gasteiger partial charge in [-0.3, -0.25) is 14.4 Å². The molecule has 1 unspecified atom stereocenters. The lowest BCUT2D eigenvalue weighted by molar-refractivity contribution is -0.144. The van der Waals surface area contributed by atoms with Gasteiger partial charge in [0.1, 0.15) is 6.54 Å². The number of carbonyl (C=O) groups excluding carboxylic acids is 1. The Morgan fingerprint density at radius 2 is 2.24 bits per heavy atom. The van der Waals surface area contributed by atoms with Crippen molar-refractivity contribution in [3.05, 3.63) is 17.0 Å². The summed E-state index contributed by atoms with van der Waals surface area (Å²) in [5.74, 6) is 0.374. The third-order valence-electron chi connectivity index (χ3n) is 4.20. The quantitative estimate of drug-likeness (QED) is 0.787. The average molecular weight is 294 g/mol. The van der Waals surface area contributed by atoms with E-state index in [1.54, 1.807) is 4.68 Å². The minimum Gasteiger partial charge on any atom is -0.465 e. The maximum absolute atomic E-state index is 11.6. The van der Waals surface area contributed by atoms with Crippen LogP contribution in [0, 0.1) is 19.8 Å². The Labute approximate surface area is 126 Å². The number of nitrogens with zero attached hydrogens (tertiary/aromatic N) is 3. The summed E-state index contributed by atoms with van der Waals surface area (Å²) in [6, 6.07) is 0. The van der Waals surface area contributed by atoms with Crippen LogP contribution in [-0.2, 0) is 22.6 Å². The predicted octanol–water partition coefficient (Wildman–Crippen LogP) is 0.844. The van der Waals surface area contributed by atoms with E-state index >= 15 is 0 Å². The molecule has 6 heteroatoms. The molecule has 1 aliphatic rings. The highest BCUT2D eigenvalue weighted by Crippen LogP contribution is 2.21. The molecule has 1 atom stereocenters. The van der Waals surface area contributed by atoms with Gasteiger partial charge in [-0.2, -0.15) is 5.10 Å².